The summed E-state index contributed by atoms with van der Waals surface area (Å²) in [5.74, 6) is -0.413. The summed E-state index contributed by atoms with van der Waals surface area (Å²) in [4.78, 5) is 24.1. The molecule has 0 aliphatic rings. The van der Waals surface area contributed by atoms with Crippen LogP contribution in [0.3, 0.4) is 0 Å². The number of benzene rings is 3. The number of carbonyl (C=O) groups is 2. The molecule has 0 spiro atoms. The van der Waals surface area contributed by atoms with E-state index in [0.717, 1.165) is 16.7 Å². The van der Waals surface area contributed by atoms with Crippen molar-refractivity contribution in [3.63, 3.8) is 0 Å². The van der Waals surface area contributed by atoms with E-state index in [4.69, 9.17) is 4.74 Å². The summed E-state index contributed by atoms with van der Waals surface area (Å²) >= 11 is 0. The van der Waals surface area contributed by atoms with Crippen LogP contribution < -0.4 is 0 Å². The van der Waals surface area contributed by atoms with Crippen LogP contribution >= 0.6 is 0 Å². The first kappa shape index (κ1) is 17.6. The molecule has 0 atom stereocenters. The van der Waals surface area contributed by atoms with E-state index in [1.807, 2.05) is 72.8 Å². The fourth-order valence-electron chi connectivity index (χ4n) is 2.65. The fourth-order valence-corrected chi connectivity index (χ4v) is 2.65. The van der Waals surface area contributed by atoms with Crippen LogP contribution in [0.15, 0.2) is 84.9 Å². The second-order valence-electron chi connectivity index (χ2n) is 6.01. The zero-order valence-electron chi connectivity index (χ0n) is 14.4. The maximum Gasteiger partial charge on any atom is 0.306 e. The highest BCUT2D eigenvalue weighted by Crippen LogP contribution is 2.20. The Kier molecular flexibility index (Phi) is 5.94. The molecule has 0 fully saturated rings. The molecule has 3 aromatic carbocycles. The first-order valence-corrected chi connectivity index (χ1v) is 8.60. The number of rotatable bonds is 7. The van der Waals surface area contributed by atoms with Crippen LogP contribution in [-0.4, -0.2) is 11.8 Å². The SMILES string of the molecule is O=C(CCC(=O)c1ccc(-c2ccccc2)cc1)OCc1ccccc1. The van der Waals surface area contributed by atoms with Gasteiger partial charge >= 0.3 is 5.97 Å². The third kappa shape index (κ3) is 4.90. The van der Waals surface area contributed by atoms with Gasteiger partial charge in [0.05, 0.1) is 6.42 Å². The number of Topliss-reactive ketones (excluding diaryl/α,β-unsaturated/α-hetero) is 1. The molecule has 0 aliphatic heterocycles. The monoisotopic (exact) mass is 344 g/mol. The van der Waals surface area contributed by atoms with Crippen molar-refractivity contribution in [2.75, 3.05) is 0 Å². The van der Waals surface area contributed by atoms with E-state index in [1.54, 1.807) is 12.1 Å². The minimum absolute atomic E-state index is 0.0544. The second-order valence-corrected chi connectivity index (χ2v) is 6.01. The number of hydrogen-bond donors (Lipinski definition) is 0. The number of carbonyl (C=O) groups excluding carboxylic acids is 2. The molecular weight excluding hydrogens is 324 g/mol. The molecule has 0 aromatic heterocycles. The molecule has 3 nitrogen and oxygen atoms in total. The van der Waals surface area contributed by atoms with E-state index in [-0.39, 0.29) is 31.2 Å². The van der Waals surface area contributed by atoms with Crippen molar-refractivity contribution < 1.29 is 14.3 Å². The Labute approximate surface area is 153 Å². The number of ether oxygens (including phenoxy) is 1. The molecule has 0 saturated carbocycles. The minimum atomic E-state index is -0.358. The molecule has 3 heteroatoms. The summed E-state index contributed by atoms with van der Waals surface area (Å²) in [5, 5.41) is 0. The average molecular weight is 344 g/mol. The van der Waals surface area contributed by atoms with Crippen molar-refractivity contribution in [2.45, 2.75) is 19.4 Å². The molecule has 0 radical (unpaired) electrons. The van der Waals surface area contributed by atoms with Crippen LogP contribution in [0.2, 0.25) is 0 Å². The molecule has 0 heterocycles. The Morgan fingerprint density at radius 1 is 0.654 bits per heavy atom. The normalized spacial score (nSPS) is 10.3. The molecule has 0 amide bonds. The van der Waals surface area contributed by atoms with Gasteiger partial charge in [0.25, 0.3) is 0 Å². The predicted octanol–water partition coefficient (Wildman–Crippen LogP) is 5.06. The molecule has 0 saturated heterocycles. The van der Waals surface area contributed by atoms with Crippen LogP contribution in [0.4, 0.5) is 0 Å². The summed E-state index contributed by atoms with van der Waals surface area (Å²) in [6.45, 7) is 0.236. The van der Waals surface area contributed by atoms with Gasteiger partial charge in [0.2, 0.25) is 0 Å². The molecule has 0 bridgehead atoms. The maximum absolute atomic E-state index is 12.3. The van der Waals surface area contributed by atoms with Crippen molar-refractivity contribution in [3.8, 4) is 11.1 Å². The third-order valence-electron chi connectivity index (χ3n) is 4.11. The molecule has 3 rings (SSSR count). The first-order valence-electron chi connectivity index (χ1n) is 8.60. The molecule has 0 N–H and O–H groups in total. The highest BCUT2D eigenvalue weighted by atomic mass is 16.5. The quantitative estimate of drug-likeness (QED) is 0.444. The summed E-state index contributed by atoms with van der Waals surface area (Å²) < 4.78 is 5.20. The maximum atomic E-state index is 12.3. The molecular formula is C23H20O3. The van der Waals surface area contributed by atoms with Gasteiger partial charge in [0, 0.05) is 12.0 Å². The lowest BCUT2D eigenvalue weighted by Crippen LogP contribution is -2.08. The fraction of sp³-hybridized carbons (Fsp3) is 0.130. The van der Waals surface area contributed by atoms with Gasteiger partial charge in [0.15, 0.2) is 5.78 Å². The second kappa shape index (κ2) is 8.77. The van der Waals surface area contributed by atoms with Gasteiger partial charge in [-0.05, 0) is 16.7 Å². The van der Waals surface area contributed by atoms with E-state index >= 15 is 0 Å². The van der Waals surface area contributed by atoms with Crippen LogP contribution in [-0.2, 0) is 16.1 Å². The van der Waals surface area contributed by atoms with Gasteiger partial charge in [-0.1, -0.05) is 84.9 Å². The minimum Gasteiger partial charge on any atom is -0.461 e. The van der Waals surface area contributed by atoms with Crippen molar-refractivity contribution in [2.24, 2.45) is 0 Å². The summed E-state index contributed by atoms with van der Waals surface area (Å²) in [5.41, 5.74) is 3.71. The van der Waals surface area contributed by atoms with Gasteiger partial charge in [-0.15, -0.1) is 0 Å². The van der Waals surface area contributed by atoms with E-state index in [1.165, 1.54) is 0 Å². The van der Waals surface area contributed by atoms with Crippen molar-refractivity contribution in [1.29, 1.82) is 0 Å². The summed E-state index contributed by atoms with van der Waals surface area (Å²) in [6, 6.07) is 26.9. The Hall–Kier alpha value is -3.20. The van der Waals surface area contributed by atoms with E-state index < -0.39 is 0 Å². The Morgan fingerprint density at radius 3 is 1.88 bits per heavy atom. The van der Waals surface area contributed by atoms with Crippen molar-refractivity contribution >= 4 is 11.8 Å². The third-order valence-corrected chi connectivity index (χ3v) is 4.11. The Balaban J connectivity index is 1.49. The standard InChI is InChI=1S/C23H20O3/c24-22(15-16-23(25)26-17-18-7-3-1-4-8-18)21-13-11-20(12-14-21)19-9-5-2-6-10-19/h1-14H,15-17H2. The first-order chi connectivity index (χ1) is 12.7. The van der Waals surface area contributed by atoms with E-state index in [9.17, 15) is 9.59 Å². The van der Waals surface area contributed by atoms with Crippen molar-refractivity contribution in [3.05, 3.63) is 96.1 Å². The summed E-state index contributed by atoms with van der Waals surface area (Å²) in [7, 11) is 0. The average Bonchev–Trinajstić information content (AvgIpc) is 2.72. The van der Waals surface area contributed by atoms with Crippen LogP contribution in [0.5, 0.6) is 0 Å². The van der Waals surface area contributed by atoms with Crippen LogP contribution in [0.25, 0.3) is 11.1 Å². The number of esters is 1. The van der Waals surface area contributed by atoms with Gasteiger partial charge < -0.3 is 4.74 Å². The topological polar surface area (TPSA) is 43.4 Å². The van der Waals surface area contributed by atoms with E-state index in [0.29, 0.717) is 5.56 Å². The molecule has 3 aromatic rings. The largest absolute Gasteiger partial charge is 0.461 e. The molecule has 0 aliphatic carbocycles. The predicted molar refractivity (Wildman–Crippen MR) is 102 cm³/mol. The molecule has 130 valence electrons. The van der Waals surface area contributed by atoms with Crippen LogP contribution in [0, 0.1) is 0 Å². The summed E-state index contributed by atoms with van der Waals surface area (Å²) in [6.07, 6.45) is 0.240. The Morgan fingerprint density at radius 2 is 1.23 bits per heavy atom. The lowest BCUT2D eigenvalue weighted by molar-refractivity contribution is -0.144. The zero-order chi connectivity index (χ0) is 18.2. The Bertz CT molecular complexity index is 853. The number of ketones is 1. The smallest absolute Gasteiger partial charge is 0.306 e. The van der Waals surface area contributed by atoms with E-state index in [2.05, 4.69) is 0 Å². The lowest BCUT2D eigenvalue weighted by Gasteiger charge is -2.06. The molecule has 26 heavy (non-hydrogen) atoms. The van der Waals surface area contributed by atoms with Gasteiger partial charge in [-0.3, -0.25) is 9.59 Å². The lowest BCUT2D eigenvalue weighted by atomic mass is 10.0. The zero-order valence-corrected chi connectivity index (χ0v) is 14.4. The van der Waals surface area contributed by atoms with Gasteiger partial charge in [-0.2, -0.15) is 0 Å². The highest BCUT2D eigenvalue weighted by Gasteiger charge is 2.11. The highest BCUT2D eigenvalue weighted by molar-refractivity contribution is 5.97. The van der Waals surface area contributed by atoms with Crippen molar-refractivity contribution in [1.82, 2.24) is 0 Å². The van der Waals surface area contributed by atoms with Crippen LogP contribution in [0.1, 0.15) is 28.8 Å². The van der Waals surface area contributed by atoms with Gasteiger partial charge in [0.1, 0.15) is 6.61 Å². The number of hydrogen-bond acceptors (Lipinski definition) is 3. The van der Waals surface area contributed by atoms with Gasteiger partial charge in [-0.25, -0.2) is 0 Å². The molecule has 0 unspecified atom stereocenters.